The molecular formula is C12H10S3. The number of thiocarbonyl (C=S) groups is 1. The van der Waals surface area contributed by atoms with Crippen LogP contribution in [0, 0.1) is 0 Å². The van der Waals surface area contributed by atoms with Crippen molar-refractivity contribution >= 4 is 45.5 Å². The minimum absolute atomic E-state index is 0.938. The first-order valence-electron chi connectivity index (χ1n) is 4.58. The van der Waals surface area contributed by atoms with Crippen LogP contribution < -0.4 is 0 Å². The molecule has 0 aliphatic carbocycles. The minimum atomic E-state index is 0.938. The Balaban J connectivity index is 2.14. The molecule has 0 bridgehead atoms. The molecule has 0 saturated heterocycles. The first-order chi connectivity index (χ1) is 7.25. The zero-order valence-electron chi connectivity index (χ0n) is 8.27. The van der Waals surface area contributed by atoms with Crippen molar-refractivity contribution in [2.45, 2.75) is 6.92 Å². The van der Waals surface area contributed by atoms with E-state index in [9.17, 15) is 0 Å². The Morgan fingerprint density at radius 3 is 2.67 bits per heavy atom. The lowest BCUT2D eigenvalue weighted by molar-refractivity contribution is 1.66. The van der Waals surface area contributed by atoms with Crippen LogP contribution >= 0.6 is 35.7 Å². The van der Waals surface area contributed by atoms with Crippen molar-refractivity contribution in [3.63, 3.8) is 0 Å². The van der Waals surface area contributed by atoms with Gasteiger partial charge in [-0.05, 0) is 24.0 Å². The molecule has 3 heteroatoms. The molecule has 0 spiro atoms. The first kappa shape index (κ1) is 11.0. The van der Waals surface area contributed by atoms with Gasteiger partial charge in [0.1, 0.15) is 0 Å². The van der Waals surface area contributed by atoms with Gasteiger partial charge in [0.15, 0.2) is 0 Å². The summed E-state index contributed by atoms with van der Waals surface area (Å²) in [5.74, 6) is 0. The van der Waals surface area contributed by atoms with Crippen molar-refractivity contribution in [1.29, 1.82) is 0 Å². The molecule has 15 heavy (non-hydrogen) atoms. The molecule has 2 rings (SSSR count). The van der Waals surface area contributed by atoms with E-state index < -0.39 is 0 Å². The van der Waals surface area contributed by atoms with Crippen molar-refractivity contribution in [2.24, 2.45) is 0 Å². The van der Waals surface area contributed by atoms with E-state index >= 15 is 0 Å². The van der Waals surface area contributed by atoms with Crippen LogP contribution in [0.2, 0.25) is 0 Å². The summed E-state index contributed by atoms with van der Waals surface area (Å²) in [6.07, 6.45) is 2.05. The minimum Gasteiger partial charge on any atom is -0.0895 e. The average Bonchev–Trinajstić information content (AvgIpc) is 2.67. The van der Waals surface area contributed by atoms with Crippen LogP contribution in [0.15, 0.2) is 46.1 Å². The smallest absolute Gasteiger partial charge is 0.0504 e. The molecule has 0 radical (unpaired) electrons. The van der Waals surface area contributed by atoms with Crippen molar-refractivity contribution < 1.29 is 0 Å². The zero-order valence-corrected chi connectivity index (χ0v) is 10.7. The van der Waals surface area contributed by atoms with Gasteiger partial charge < -0.3 is 0 Å². The third-order valence-corrected chi connectivity index (χ3v) is 4.27. The molecule has 1 aliphatic rings. The van der Waals surface area contributed by atoms with Crippen LogP contribution in [0.3, 0.4) is 0 Å². The fourth-order valence-corrected chi connectivity index (χ4v) is 3.75. The van der Waals surface area contributed by atoms with Gasteiger partial charge in [-0.15, -0.1) is 0 Å². The van der Waals surface area contributed by atoms with Crippen molar-refractivity contribution in [1.82, 2.24) is 0 Å². The highest BCUT2D eigenvalue weighted by atomic mass is 32.2. The lowest BCUT2D eigenvalue weighted by Crippen LogP contribution is -1.77. The molecule has 0 nitrogen and oxygen atoms in total. The second-order valence-corrected chi connectivity index (χ2v) is 6.04. The Morgan fingerprint density at radius 2 is 2.00 bits per heavy atom. The van der Waals surface area contributed by atoms with Gasteiger partial charge in [0.05, 0.1) is 4.24 Å². The number of thioether (sulfide) groups is 2. The number of rotatable bonds is 2. The molecule has 1 aliphatic heterocycles. The average molecular weight is 250 g/mol. The molecule has 76 valence electrons. The molecule has 0 fully saturated rings. The van der Waals surface area contributed by atoms with Crippen LogP contribution in [-0.2, 0) is 0 Å². The molecule has 0 N–H and O–H groups in total. The molecule has 0 aromatic heterocycles. The molecular weight excluding hydrogens is 240 g/mol. The SMILES string of the molecule is CC(=S)/C=C1/SC=C(c2ccccc2)S1. The zero-order chi connectivity index (χ0) is 10.7. The topological polar surface area (TPSA) is 0 Å². The van der Waals surface area contributed by atoms with E-state index in [0.29, 0.717) is 0 Å². The summed E-state index contributed by atoms with van der Waals surface area (Å²) in [5.41, 5.74) is 1.28. The van der Waals surface area contributed by atoms with Gasteiger partial charge in [0, 0.05) is 9.77 Å². The van der Waals surface area contributed by atoms with Crippen LogP contribution in [0.4, 0.5) is 0 Å². The van der Waals surface area contributed by atoms with Crippen LogP contribution in [0.25, 0.3) is 4.91 Å². The fraction of sp³-hybridized carbons (Fsp3) is 0.0833. The van der Waals surface area contributed by atoms with Gasteiger partial charge >= 0.3 is 0 Å². The van der Waals surface area contributed by atoms with Gasteiger partial charge in [0.2, 0.25) is 0 Å². The maximum Gasteiger partial charge on any atom is 0.0504 e. The van der Waals surface area contributed by atoms with E-state index in [1.807, 2.05) is 13.0 Å². The Morgan fingerprint density at radius 1 is 1.27 bits per heavy atom. The summed E-state index contributed by atoms with van der Waals surface area (Å²) in [4.78, 5) is 2.25. The lowest BCUT2D eigenvalue weighted by Gasteiger charge is -1.99. The number of hydrogen-bond acceptors (Lipinski definition) is 3. The number of benzene rings is 1. The molecule has 1 heterocycles. The highest BCUT2D eigenvalue weighted by Crippen LogP contribution is 2.48. The van der Waals surface area contributed by atoms with Crippen molar-refractivity contribution in [3.8, 4) is 0 Å². The molecule has 0 atom stereocenters. The summed E-state index contributed by atoms with van der Waals surface area (Å²) in [7, 11) is 0. The van der Waals surface area contributed by atoms with Gasteiger partial charge in [-0.3, -0.25) is 0 Å². The Labute approximate surface area is 104 Å². The maximum absolute atomic E-state index is 5.06. The van der Waals surface area contributed by atoms with E-state index in [1.165, 1.54) is 14.7 Å². The number of allylic oxidation sites excluding steroid dienone is 1. The van der Waals surface area contributed by atoms with E-state index in [0.717, 1.165) is 4.86 Å². The maximum atomic E-state index is 5.06. The largest absolute Gasteiger partial charge is 0.0895 e. The lowest BCUT2D eigenvalue weighted by atomic mass is 10.2. The van der Waals surface area contributed by atoms with E-state index in [2.05, 4.69) is 35.7 Å². The van der Waals surface area contributed by atoms with Gasteiger partial charge in [-0.2, -0.15) is 0 Å². The Hall–Kier alpha value is -0.510. The second-order valence-electron chi connectivity index (χ2n) is 3.14. The van der Waals surface area contributed by atoms with Crippen molar-refractivity contribution in [3.05, 3.63) is 51.6 Å². The van der Waals surface area contributed by atoms with E-state index in [4.69, 9.17) is 12.2 Å². The normalized spacial score (nSPS) is 17.9. The van der Waals surface area contributed by atoms with Gasteiger partial charge in [-0.1, -0.05) is 66.1 Å². The van der Waals surface area contributed by atoms with Crippen LogP contribution in [-0.4, -0.2) is 4.86 Å². The quantitative estimate of drug-likeness (QED) is 0.552. The third kappa shape index (κ3) is 2.97. The van der Waals surface area contributed by atoms with Crippen molar-refractivity contribution in [2.75, 3.05) is 0 Å². The summed E-state index contributed by atoms with van der Waals surface area (Å²) >= 11 is 8.60. The Kier molecular flexibility index (Phi) is 3.67. The monoisotopic (exact) mass is 250 g/mol. The summed E-state index contributed by atoms with van der Waals surface area (Å²) in [6, 6.07) is 10.4. The summed E-state index contributed by atoms with van der Waals surface area (Å²) < 4.78 is 1.27. The van der Waals surface area contributed by atoms with Crippen LogP contribution in [0.5, 0.6) is 0 Å². The highest BCUT2D eigenvalue weighted by Gasteiger charge is 2.13. The van der Waals surface area contributed by atoms with Crippen LogP contribution in [0.1, 0.15) is 12.5 Å². The van der Waals surface area contributed by atoms with Gasteiger partial charge in [-0.25, -0.2) is 0 Å². The predicted octanol–water partition coefficient (Wildman–Crippen LogP) is 4.70. The molecule has 0 amide bonds. The highest BCUT2D eigenvalue weighted by molar-refractivity contribution is 8.31. The Bertz CT molecular complexity index is 429. The molecule has 1 aromatic carbocycles. The molecule has 0 saturated carbocycles. The molecule has 1 aromatic rings. The molecule has 0 unspecified atom stereocenters. The van der Waals surface area contributed by atoms with E-state index in [1.54, 1.807) is 23.5 Å². The standard InChI is InChI=1S/C12H10S3/c1-9(13)7-12-14-8-11(15-12)10-5-3-2-4-6-10/h2-8H,1H3/b12-7-. The second kappa shape index (κ2) is 5.01. The third-order valence-electron chi connectivity index (χ3n) is 1.87. The fourth-order valence-electron chi connectivity index (χ4n) is 1.23. The van der Waals surface area contributed by atoms with Gasteiger partial charge in [0.25, 0.3) is 0 Å². The summed E-state index contributed by atoms with van der Waals surface area (Å²) in [5, 5.41) is 2.18. The first-order valence-corrected chi connectivity index (χ1v) is 6.68. The summed E-state index contributed by atoms with van der Waals surface area (Å²) in [6.45, 7) is 1.95. The number of hydrogen-bond donors (Lipinski definition) is 0. The van der Waals surface area contributed by atoms with E-state index in [-0.39, 0.29) is 0 Å². The predicted molar refractivity (Wildman–Crippen MR) is 76.0 cm³/mol.